The Bertz CT molecular complexity index is 738. The zero-order valence-electron chi connectivity index (χ0n) is 15.8. The number of methoxy groups -OCH3 is 1. The van der Waals surface area contributed by atoms with E-state index >= 15 is 0 Å². The lowest BCUT2D eigenvalue weighted by Gasteiger charge is -2.18. The SMILES string of the molecule is COc1ccc(C(Cc2ccccc2OCCN2CCCC2)C(=O)O)cc1. The molecule has 3 rings (SSSR count). The lowest BCUT2D eigenvalue weighted by atomic mass is 9.91. The molecule has 5 heteroatoms. The Hall–Kier alpha value is -2.53. The van der Waals surface area contributed by atoms with Gasteiger partial charge in [-0.3, -0.25) is 9.69 Å². The number of para-hydroxylation sites is 1. The van der Waals surface area contributed by atoms with Gasteiger partial charge in [0.05, 0.1) is 13.0 Å². The first-order chi connectivity index (χ1) is 13.2. The standard InChI is InChI=1S/C22H27NO4/c1-26-19-10-8-17(9-11-19)20(22(24)25)16-18-6-2-3-7-21(18)27-15-14-23-12-4-5-13-23/h2-3,6-11,20H,4-5,12-16H2,1H3,(H,24,25). The van der Waals surface area contributed by atoms with Crippen LogP contribution in [0.4, 0.5) is 0 Å². The highest BCUT2D eigenvalue weighted by atomic mass is 16.5. The van der Waals surface area contributed by atoms with Crippen molar-refractivity contribution < 1.29 is 19.4 Å². The molecule has 1 atom stereocenters. The highest BCUT2D eigenvalue weighted by molar-refractivity contribution is 5.76. The van der Waals surface area contributed by atoms with E-state index in [9.17, 15) is 9.90 Å². The second-order valence-corrected chi connectivity index (χ2v) is 6.87. The van der Waals surface area contributed by atoms with Crippen LogP contribution in [-0.4, -0.2) is 49.3 Å². The van der Waals surface area contributed by atoms with E-state index in [1.807, 2.05) is 36.4 Å². The number of nitrogens with zero attached hydrogens (tertiary/aromatic N) is 1. The molecule has 1 N–H and O–H groups in total. The van der Waals surface area contributed by atoms with Crippen LogP contribution >= 0.6 is 0 Å². The molecule has 2 aromatic carbocycles. The summed E-state index contributed by atoms with van der Waals surface area (Å²) in [7, 11) is 1.60. The molecule has 0 aliphatic carbocycles. The van der Waals surface area contributed by atoms with Gasteiger partial charge in [-0.15, -0.1) is 0 Å². The van der Waals surface area contributed by atoms with E-state index in [1.165, 1.54) is 12.8 Å². The number of hydrogen-bond donors (Lipinski definition) is 1. The minimum atomic E-state index is -0.841. The third-order valence-corrected chi connectivity index (χ3v) is 5.08. The fourth-order valence-corrected chi connectivity index (χ4v) is 3.51. The van der Waals surface area contributed by atoms with Crippen molar-refractivity contribution in [3.63, 3.8) is 0 Å². The van der Waals surface area contributed by atoms with Crippen LogP contribution in [0.1, 0.15) is 29.9 Å². The van der Waals surface area contributed by atoms with Gasteiger partial charge < -0.3 is 14.6 Å². The highest BCUT2D eigenvalue weighted by Crippen LogP contribution is 2.28. The first-order valence-corrected chi connectivity index (χ1v) is 9.47. The number of carbonyl (C=O) groups is 1. The predicted octanol–water partition coefficient (Wildman–Crippen LogP) is 3.58. The number of benzene rings is 2. The number of carboxylic acids is 1. The Morgan fingerprint density at radius 2 is 1.81 bits per heavy atom. The van der Waals surface area contributed by atoms with Crippen LogP contribution in [0.5, 0.6) is 11.5 Å². The molecule has 5 nitrogen and oxygen atoms in total. The molecule has 0 bridgehead atoms. The first kappa shape index (κ1) is 19.2. The first-order valence-electron chi connectivity index (χ1n) is 9.47. The minimum absolute atomic E-state index is 0.390. The van der Waals surface area contributed by atoms with Crippen molar-refractivity contribution in [3.8, 4) is 11.5 Å². The maximum Gasteiger partial charge on any atom is 0.311 e. The third-order valence-electron chi connectivity index (χ3n) is 5.08. The quantitative estimate of drug-likeness (QED) is 0.732. The van der Waals surface area contributed by atoms with Gasteiger partial charge in [0.15, 0.2) is 0 Å². The fraction of sp³-hybridized carbons (Fsp3) is 0.409. The summed E-state index contributed by atoms with van der Waals surface area (Å²) in [5.41, 5.74) is 1.68. The largest absolute Gasteiger partial charge is 0.497 e. The van der Waals surface area contributed by atoms with Gasteiger partial charge in [-0.1, -0.05) is 30.3 Å². The van der Waals surface area contributed by atoms with Crippen LogP contribution in [0.15, 0.2) is 48.5 Å². The summed E-state index contributed by atoms with van der Waals surface area (Å²) in [6, 6.07) is 14.9. The number of ether oxygens (including phenoxy) is 2. The van der Waals surface area contributed by atoms with E-state index in [4.69, 9.17) is 9.47 Å². The highest BCUT2D eigenvalue weighted by Gasteiger charge is 2.22. The van der Waals surface area contributed by atoms with E-state index in [2.05, 4.69) is 4.90 Å². The molecule has 1 aliphatic rings. The molecule has 1 heterocycles. The average Bonchev–Trinajstić information content (AvgIpc) is 3.20. The summed E-state index contributed by atoms with van der Waals surface area (Å²) in [5, 5.41) is 9.75. The normalized spacial score (nSPS) is 15.4. The van der Waals surface area contributed by atoms with Gasteiger partial charge in [-0.25, -0.2) is 0 Å². The van der Waals surface area contributed by atoms with Crippen LogP contribution < -0.4 is 9.47 Å². The molecule has 144 valence electrons. The van der Waals surface area contributed by atoms with Gasteiger partial charge >= 0.3 is 5.97 Å². The molecular weight excluding hydrogens is 342 g/mol. The Labute approximate surface area is 160 Å². The maximum absolute atomic E-state index is 11.9. The molecule has 2 aromatic rings. The maximum atomic E-state index is 11.9. The molecule has 27 heavy (non-hydrogen) atoms. The molecule has 1 fully saturated rings. The van der Waals surface area contributed by atoms with E-state index in [-0.39, 0.29) is 0 Å². The van der Waals surface area contributed by atoms with Crippen molar-refractivity contribution >= 4 is 5.97 Å². The molecule has 0 amide bonds. The molecule has 1 unspecified atom stereocenters. The summed E-state index contributed by atoms with van der Waals surface area (Å²) in [4.78, 5) is 14.3. The van der Waals surface area contributed by atoms with Crippen molar-refractivity contribution in [2.45, 2.75) is 25.2 Å². The van der Waals surface area contributed by atoms with Crippen LogP contribution in [0.2, 0.25) is 0 Å². The summed E-state index contributed by atoms with van der Waals surface area (Å²) in [6.45, 7) is 3.82. The van der Waals surface area contributed by atoms with Crippen molar-refractivity contribution in [2.75, 3.05) is 33.4 Å². The number of likely N-dealkylation sites (tertiary alicyclic amines) is 1. The Balaban J connectivity index is 1.68. The van der Waals surface area contributed by atoms with E-state index in [0.717, 1.165) is 36.5 Å². The van der Waals surface area contributed by atoms with Gasteiger partial charge in [0.25, 0.3) is 0 Å². The molecule has 0 spiro atoms. The second-order valence-electron chi connectivity index (χ2n) is 6.87. The Morgan fingerprint density at radius 1 is 1.11 bits per heavy atom. The van der Waals surface area contributed by atoms with Crippen LogP contribution in [0.25, 0.3) is 0 Å². The van der Waals surface area contributed by atoms with E-state index in [1.54, 1.807) is 19.2 Å². The smallest absolute Gasteiger partial charge is 0.311 e. The number of aliphatic carboxylic acids is 1. The van der Waals surface area contributed by atoms with Crippen LogP contribution in [0, 0.1) is 0 Å². The van der Waals surface area contributed by atoms with E-state index < -0.39 is 11.9 Å². The van der Waals surface area contributed by atoms with Gasteiger partial charge in [-0.05, 0) is 61.7 Å². The predicted molar refractivity (Wildman–Crippen MR) is 105 cm³/mol. The zero-order valence-corrected chi connectivity index (χ0v) is 15.8. The van der Waals surface area contributed by atoms with Gasteiger partial charge in [0.1, 0.15) is 18.1 Å². The Morgan fingerprint density at radius 3 is 2.48 bits per heavy atom. The van der Waals surface area contributed by atoms with Crippen molar-refractivity contribution in [3.05, 3.63) is 59.7 Å². The average molecular weight is 369 g/mol. The van der Waals surface area contributed by atoms with E-state index in [0.29, 0.717) is 18.8 Å². The third kappa shape index (κ3) is 5.23. The zero-order chi connectivity index (χ0) is 19.1. The van der Waals surface area contributed by atoms with Gasteiger partial charge in [-0.2, -0.15) is 0 Å². The second kappa shape index (κ2) is 9.42. The van der Waals surface area contributed by atoms with Crippen molar-refractivity contribution in [1.29, 1.82) is 0 Å². The molecular formula is C22H27NO4. The monoisotopic (exact) mass is 369 g/mol. The van der Waals surface area contributed by atoms with Crippen LogP contribution in [0.3, 0.4) is 0 Å². The van der Waals surface area contributed by atoms with Gasteiger partial charge in [0.2, 0.25) is 0 Å². The topological polar surface area (TPSA) is 59.0 Å². The summed E-state index contributed by atoms with van der Waals surface area (Å²) >= 11 is 0. The minimum Gasteiger partial charge on any atom is -0.497 e. The summed E-state index contributed by atoms with van der Waals surface area (Å²) < 4.78 is 11.2. The molecule has 0 aromatic heterocycles. The lowest BCUT2D eigenvalue weighted by molar-refractivity contribution is -0.138. The van der Waals surface area contributed by atoms with Gasteiger partial charge in [0, 0.05) is 6.54 Å². The molecule has 0 radical (unpaired) electrons. The van der Waals surface area contributed by atoms with Crippen molar-refractivity contribution in [2.24, 2.45) is 0 Å². The molecule has 1 aliphatic heterocycles. The van der Waals surface area contributed by atoms with Crippen LogP contribution in [-0.2, 0) is 11.2 Å². The Kier molecular flexibility index (Phi) is 6.71. The summed E-state index contributed by atoms with van der Waals surface area (Å²) in [5.74, 6) is 0.0243. The molecule has 1 saturated heterocycles. The number of hydrogen-bond acceptors (Lipinski definition) is 4. The molecule has 0 saturated carbocycles. The number of carboxylic acid groups (broad SMARTS) is 1. The number of rotatable bonds is 9. The lowest BCUT2D eigenvalue weighted by Crippen LogP contribution is -2.25. The van der Waals surface area contributed by atoms with Crippen molar-refractivity contribution in [1.82, 2.24) is 4.90 Å². The fourth-order valence-electron chi connectivity index (χ4n) is 3.51. The summed E-state index contributed by atoms with van der Waals surface area (Å²) in [6.07, 6.45) is 2.92.